The molecule has 2 aliphatic rings. The lowest BCUT2D eigenvalue weighted by Crippen LogP contribution is -2.04. The third-order valence-corrected chi connectivity index (χ3v) is 3.75. The number of aryl methyl sites for hydroxylation is 1. The van der Waals surface area contributed by atoms with Gasteiger partial charge in [-0.1, -0.05) is 5.16 Å². The minimum absolute atomic E-state index is 0.273. The Morgan fingerprint density at radius 1 is 1.10 bits per heavy atom. The number of rotatable bonds is 3. The van der Waals surface area contributed by atoms with Gasteiger partial charge in [-0.05, 0) is 31.4 Å². The SMILES string of the molecule is c1cc2c(cc1OCc1noc3c1CCCC3)OCO2. The minimum Gasteiger partial charge on any atom is -0.487 e. The van der Waals surface area contributed by atoms with Crippen molar-refractivity contribution in [1.82, 2.24) is 5.16 Å². The number of aromatic nitrogens is 1. The van der Waals surface area contributed by atoms with Crippen LogP contribution in [0.25, 0.3) is 0 Å². The van der Waals surface area contributed by atoms with Crippen LogP contribution in [0.1, 0.15) is 29.9 Å². The van der Waals surface area contributed by atoms with Gasteiger partial charge >= 0.3 is 0 Å². The molecule has 1 aliphatic heterocycles. The first-order chi connectivity index (χ1) is 9.90. The van der Waals surface area contributed by atoms with Gasteiger partial charge in [0.25, 0.3) is 0 Å². The zero-order chi connectivity index (χ0) is 13.4. The molecular formula is C15H15NO4. The molecule has 0 unspecified atom stereocenters. The summed E-state index contributed by atoms with van der Waals surface area (Å²) in [6, 6.07) is 5.57. The molecule has 0 saturated heterocycles. The number of benzene rings is 1. The molecule has 1 aromatic heterocycles. The number of ether oxygens (including phenoxy) is 3. The van der Waals surface area contributed by atoms with Crippen LogP contribution in [0.5, 0.6) is 17.2 Å². The van der Waals surface area contributed by atoms with Crippen LogP contribution in [0.4, 0.5) is 0 Å². The fraction of sp³-hybridized carbons (Fsp3) is 0.400. The lowest BCUT2D eigenvalue weighted by molar-refractivity contribution is 0.173. The van der Waals surface area contributed by atoms with Gasteiger partial charge in [0.1, 0.15) is 23.8 Å². The van der Waals surface area contributed by atoms with Gasteiger partial charge in [-0.25, -0.2) is 0 Å². The van der Waals surface area contributed by atoms with Crippen molar-refractivity contribution >= 4 is 0 Å². The molecule has 2 aromatic rings. The lowest BCUT2D eigenvalue weighted by atomic mass is 9.97. The maximum atomic E-state index is 5.78. The average molecular weight is 273 g/mol. The monoisotopic (exact) mass is 273 g/mol. The molecule has 2 heterocycles. The van der Waals surface area contributed by atoms with Crippen molar-refractivity contribution in [2.45, 2.75) is 32.3 Å². The summed E-state index contributed by atoms with van der Waals surface area (Å²) in [4.78, 5) is 0. The Kier molecular flexibility index (Phi) is 2.76. The second kappa shape index (κ2) is 4.74. The van der Waals surface area contributed by atoms with Gasteiger partial charge in [-0.3, -0.25) is 0 Å². The van der Waals surface area contributed by atoms with E-state index in [2.05, 4.69) is 5.16 Å². The zero-order valence-corrected chi connectivity index (χ0v) is 11.1. The molecule has 0 spiro atoms. The highest BCUT2D eigenvalue weighted by atomic mass is 16.7. The van der Waals surface area contributed by atoms with Crippen molar-refractivity contribution < 1.29 is 18.7 Å². The normalized spacial score (nSPS) is 16.0. The fourth-order valence-electron chi connectivity index (χ4n) is 2.68. The third-order valence-electron chi connectivity index (χ3n) is 3.75. The summed E-state index contributed by atoms with van der Waals surface area (Å²) in [7, 11) is 0. The molecule has 20 heavy (non-hydrogen) atoms. The first kappa shape index (κ1) is 11.6. The van der Waals surface area contributed by atoms with Crippen molar-refractivity contribution in [3.8, 4) is 17.2 Å². The molecule has 0 fully saturated rings. The predicted octanol–water partition coefficient (Wildman–Crippen LogP) is 2.86. The van der Waals surface area contributed by atoms with Crippen LogP contribution in [0.15, 0.2) is 22.7 Å². The van der Waals surface area contributed by atoms with Crippen LogP contribution >= 0.6 is 0 Å². The molecular weight excluding hydrogens is 258 g/mol. The summed E-state index contributed by atoms with van der Waals surface area (Å²) in [6.07, 6.45) is 4.42. The standard InChI is InChI=1S/C15H15NO4/c1-2-4-13-11(3-1)12(16-20-13)8-17-10-5-6-14-15(7-10)19-9-18-14/h5-7H,1-4,8-9H2. The van der Waals surface area contributed by atoms with Crippen LogP contribution in [0, 0.1) is 0 Å². The van der Waals surface area contributed by atoms with Crippen molar-refractivity contribution in [1.29, 1.82) is 0 Å². The van der Waals surface area contributed by atoms with E-state index in [1.807, 2.05) is 18.2 Å². The molecule has 0 amide bonds. The third kappa shape index (κ3) is 1.99. The smallest absolute Gasteiger partial charge is 0.231 e. The maximum absolute atomic E-state index is 5.78. The quantitative estimate of drug-likeness (QED) is 0.860. The molecule has 104 valence electrons. The van der Waals surface area contributed by atoms with Gasteiger partial charge in [0.15, 0.2) is 11.5 Å². The molecule has 5 nitrogen and oxygen atoms in total. The second-order valence-corrected chi connectivity index (χ2v) is 5.04. The van der Waals surface area contributed by atoms with E-state index in [0.29, 0.717) is 6.61 Å². The highest BCUT2D eigenvalue weighted by Crippen LogP contribution is 2.35. The minimum atomic E-state index is 0.273. The molecule has 0 N–H and O–H groups in total. The average Bonchev–Trinajstić information content (AvgIpc) is 3.11. The largest absolute Gasteiger partial charge is 0.487 e. The van der Waals surface area contributed by atoms with Gasteiger partial charge in [-0.15, -0.1) is 0 Å². The maximum Gasteiger partial charge on any atom is 0.231 e. The zero-order valence-electron chi connectivity index (χ0n) is 11.1. The lowest BCUT2D eigenvalue weighted by Gasteiger charge is -2.10. The predicted molar refractivity (Wildman–Crippen MR) is 70.0 cm³/mol. The highest BCUT2D eigenvalue weighted by Gasteiger charge is 2.20. The van der Waals surface area contributed by atoms with E-state index < -0.39 is 0 Å². The second-order valence-electron chi connectivity index (χ2n) is 5.04. The van der Waals surface area contributed by atoms with E-state index in [0.717, 1.165) is 41.5 Å². The van der Waals surface area contributed by atoms with Gasteiger partial charge in [-0.2, -0.15) is 0 Å². The van der Waals surface area contributed by atoms with Gasteiger partial charge in [0.2, 0.25) is 6.79 Å². The molecule has 1 aliphatic carbocycles. The molecule has 0 radical (unpaired) electrons. The van der Waals surface area contributed by atoms with Crippen molar-refractivity contribution in [2.75, 3.05) is 6.79 Å². The Morgan fingerprint density at radius 2 is 2.00 bits per heavy atom. The summed E-state index contributed by atoms with van der Waals surface area (Å²) in [5.41, 5.74) is 2.15. The van der Waals surface area contributed by atoms with Crippen molar-refractivity contribution in [3.05, 3.63) is 35.2 Å². The first-order valence-corrected chi connectivity index (χ1v) is 6.89. The van der Waals surface area contributed by atoms with Crippen LogP contribution < -0.4 is 14.2 Å². The van der Waals surface area contributed by atoms with E-state index >= 15 is 0 Å². The fourth-order valence-corrected chi connectivity index (χ4v) is 2.68. The summed E-state index contributed by atoms with van der Waals surface area (Å²) >= 11 is 0. The topological polar surface area (TPSA) is 53.7 Å². The number of fused-ring (bicyclic) bond motifs is 2. The van der Waals surface area contributed by atoms with E-state index in [-0.39, 0.29) is 6.79 Å². The van der Waals surface area contributed by atoms with E-state index in [9.17, 15) is 0 Å². The Balaban J connectivity index is 1.49. The van der Waals surface area contributed by atoms with E-state index in [4.69, 9.17) is 18.7 Å². The van der Waals surface area contributed by atoms with E-state index in [1.165, 1.54) is 18.4 Å². The summed E-state index contributed by atoms with van der Waals surface area (Å²) < 4.78 is 21.8. The molecule has 5 heteroatoms. The van der Waals surface area contributed by atoms with E-state index in [1.54, 1.807) is 0 Å². The Labute approximate surface area is 116 Å². The molecule has 0 atom stereocenters. The highest BCUT2D eigenvalue weighted by molar-refractivity contribution is 5.46. The van der Waals surface area contributed by atoms with Crippen molar-refractivity contribution in [3.63, 3.8) is 0 Å². The van der Waals surface area contributed by atoms with Crippen LogP contribution in [-0.4, -0.2) is 11.9 Å². The number of hydrogen-bond acceptors (Lipinski definition) is 5. The molecule has 0 bridgehead atoms. The first-order valence-electron chi connectivity index (χ1n) is 6.89. The van der Waals surface area contributed by atoms with Crippen molar-refractivity contribution in [2.24, 2.45) is 0 Å². The molecule has 4 rings (SSSR count). The molecule has 0 saturated carbocycles. The summed E-state index contributed by atoms with van der Waals surface area (Å²) in [6.45, 7) is 0.702. The van der Waals surface area contributed by atoms with Gasteiger partial charge < -0.3 is 18.7 Å². The Hall–Kier alpha value is -2.17. The number of hydrogen-bond donors (Lipinski definition) is 0. The van der Waals surface area contributed by atoms with Gasteiger partial charge in [0.05, 0.1) is 0 Å². The Morgan fingerprint density at radius 3 is 3.00 bits per heavy atom. The van der Waals surface area contributed by atoms with Crippen LogP contribution in [-0.2, 0) is 19.4 Å². The summed E-state index contributed by atoms with van der Waals surface area (Å²) in [5, 5.41) is 4.13. The van der Waals surface area contributed by atoms with Crippen LogP contribution in [0.3, 0.4) is 0 Å². The number of nitrogens with zero attached hydrogens (tertiary/aromatic N) is 1. The Bertz CT molecular complexity index is 635. The van der Waals surface area contributed by atoms with Crippen LogP contribution in [0.2, 0.25) is 0 Å². The molecule has 1 aromatic carbocycles. The van der Waals surface area contributed by atoms with Gasteiger partial charge in [0, 0.05) is 18.1 Å². The summed E-state index contributed by atoms with van der Waals surface area (Å²) in [5.74, 6) is 3.27.